The highest BCUT2D eigenvalue weighted by atomic mass is 35.5. The van der Waals surface area contributed by atoms with Crippen LogP contribution in [0.3, 0.4) is 0 Å². The molecule has 5 heteroatoms. The lowest BCUT2D eigenvalue weighted by Gasteiger charge is -2.33. The van der Waals surface area contributed by atoms with Crippen LogP contribution in [0.25, 0.3) is 0 Å². The minimum atomic E-state index is -0.302. The van der Waals surface area contributed by atoms with Crippen molar-refractivity contribution in [1.82, 2.24) is 9.80 Å². The van der Waals surface area contributed by atoms with Crippen LogP contribution < -0.4 is 4.74 Å². The van der Waals surface area contributed by atoms with Crippen molar-refractivity contribution in [1.29, 1.82) is 0 Å². The van der Waals surface area contributed by atoms with Gasteiger partial charge in [-0.2, -0.15) is 0 Å². The van der Waals surface area contributed by atoms with E-state index in [1.54, 1.807) is 29.2 Å². The van der Waals surface area contributed by atoms with Gasteiger partial charge in [0.2, 0.25) is 0 Å². The van der Waals surface area contributed by atoms with Crippen molar-refractivity contribution >= 4 is 17.7 Å². The SMILES string of the molecule is CN(C)CC=CC1CCC(N(C)C(=O)Oc2ccc(Cl)cc2)CC1. The second kappa shape index (κ2) is 9.09. The molecule has 1 saturated carbocycles. The monoisotopic (exact) mass is 350 g/mol. The standard InChI is InChI=1S/C19H27ClN2O2/c1-21(2)14-4-5-15-6-10-17(11-7-15)22(3)19(23)24-18-12-8-16(20)9-13-18/h4-5,8-9,12-13,15,17H,6-7,10-11,14H2,1-3H3. The van der Waals surface area contributed by atoms with Crippen molar-refractivity contribution in [2.75, 3.05) is 27.7 Å². The topological polar surface area (TPSA) is 32.8 Å². The van der Waals surface area contributed by atoms with Crippen molar-refractivity contribution in [2.45, 2.75) is 31.7 Å². The van der Waals surface area contributed by atoms with E-state index in [9.17, 15) is 4.79 Å². The van der Waals surface area contributed by atoms with E-state index in [2.05, 4.69) is 31.1 Å². The molecule has 0 spiro atoms. The molecule has 2 rings (SSSR count). The van der Waals surface area contributed by atoms with Crippen LogP contribution >= 0.6 is 11.6 Å². The fourth-order valence-corrected chi connectivity index (χ4v) is 3.10. The second-order valence-corrected chi connectivity index (χ2v) is 7.13. The molecule has 0 unspecified atom stereocenters. The second-order valence-electron chi connectivity index (χ2n) is 6.69. The van der Waals surface area contributed by atoms with Gasteiger partial charge in [-0.1, -0.05) is 23.8 Å². The lowest BCUT2D eigenvalue weighted by Crippen LogP contribution is -2.40. The molecule has 0 N–H and O–H groups in total. The highest BCUT2D eigenvalue weighted by Crippen LogP contribution is 2.28. The maximum Gasteiger partial charge on any atom is 0.415 e. The van der Waals surface area contributed by atoms with Gasteiger partial charge in [0, 0.05) is 24.7 Å². The summed E-state index contributed by atoms with van der Waals surface area (Å²) < 4.78 is 5.41. The van der Waals surface area contributed by atoms with Crippen LogP contribution in [-0.4, -0.2) is 49.6 Å². The molecule has 1 aromatic carbocycles. The Morgan fingerprint density at radius 1 is 1.17 bits per heavy atom. The summed E-state index contributed by atoms with van der Waals surface area (Å²) in [4.78, 5) is 16.2. The van der Waals surface area contributed by atoms with E-state index in [4.69, 9.17) is 16.3 Å². The van der Waals surface area contributed by atoms with E-state index in [1.807, 2.05) is 7.05 Å². The number of hydrogen-bond acceptors (Lipinski definition) is 3. The van der Waals surface area contributed by atoms with Crippen LogP contribution in [0.15, 0.2) is 36.4 Å². The van der Waals surface area contributed by atoms with Gasteiger partial charge in [0.1, 0.15) is 5.75 Å². The molecule has 1 amide bonds. The molecule has 1 aromatic rings. The number of amides is 1. The van der Waals surface area contributed by atoms with Gasteiger partial charge >= 0.3 is 6.09 Å². The van der Waals surface area contributed by atoms with Crippen molar-refractivity contribution in [3.8, 4) is 5.75 Å². The van der Waals surface area contributed by atoms with Crippen LogP contribution in [0.4, 0.5) is 4.79 Å². The zero-order valence-corrected chi connectivity index (χ0v) is 15.5. The number of rotatable bonds is 5. The third-order valence-corrected chi connectivity index (χ3v) is 4.73. The molecule has 4 nitrogen and oxygen atoms in total. The van der Waals surface area contributed by atoms with Gasteiger partial charge in [0.15, 0.2) is 0 Å². The first-order chi connectivity index (χ1) is 11.5. The summed E-state index contributed by atoms with van der Waals surface area (Å²) in [6, 6.07) is 7.11. The third kappa shape index (κ3) is 5.84. The van der Waals surface area contributed by atoms with Crippen molar-refractivity contribution in [2.24, 2.45) is 5.92 Å². The fourth-order valence-electron chi connectivity index (χ4n) is 2.97. The fraction of sp³-hybridized carbons (Fsp3) is 0.526. The lowest BCUT2D eigenvalue weighted by molar-refractivity contribution is 0.128. The quantitative estimate of drug-likeness (QED) is 0.735. The molecule has 0 radical (unpaired) electrons. The minimum Gasteiger partial charge on any atom is -0.410 e. The number of benzene rings is 1. The average molecular weight is 351 g/mol. The first-order valence-electron chi connectivity index (χ1n) is 8.47. The Morgan fingerprint density at radius 2 is 1.79 bits per heavy atom. The summed E-state index contributed by atoms with van der Waals surface area (Å²) in [5.41, 5.74) is 0. The number of hydrogen-bond donors (Lipinski definition) is 0. The Bertz CT molecular complexity index is 549. The Morgan fingerprint density at radius 3 is 2.38 bits per heavy atom. The van der Waals surface area contributed by atoms with E-state index < -0.39 is 0 Å². The summed E-state index contributed by atoms with van der Waals surface area (Å²) in [6.07, 6.45) is 8.53. The third-order valence-electron chi connectivity index (χ3n) is 4.47. The molecular formula is C19H27ClN2O2. The molecule has 24 heavy (non-hydrogen) atoms. The van der Waals surface area contributed by atoms with Crippen LogP contribution in [0, 0.1) is 5.92 Å². The van der Waals surface area contributed by atoms with Crippen LogP contribution in [-0.2, 0) is 0 Å². The Hall–Kier alpha value is -1.52. The molecule has 0 saturated heterocycles. The highest BCUT2D eigenvalue weighted by Gasteiger charge is 2.26. The molecule has 0 bridgehead atoms. The minimum absolute atomic E-state index is 0.253. The van der Waals surface area contributed by atoms with Gasteiger partial charge in [-0.05, 0) is 70.0 Å². The van der Waals surface area contributed by atoms with Crippen LogP contribution in [0.1, 0.15) is 25.7 Å². The number of halogens is 1. The predicted molar refractivity (Wildman–Crippen MR) is 98.7 cm³/mol. The summed E-state index contributed by atoms with van der Waals surface area (Å²) in [6.45, 7) is 0.979. The van der Waals surface area contributed by atoms with Gasteiger partial charge in [-0.25, -0.2) is 4.79 Å². The van der Waals surface area contributed by atoms with Gasteiger partial charge < -0.3 is 14.5 Å². The highest BCUT2D eigenvalue weighted by molar-refractivity contribution is 6.30. The van der Waals surface area contributed by atoms with Crippen LogP contribution in [0.2, 0.25) is 5.02 Å². The van der Waals surface area contributed by atoms with Gasteiger partial charge in [-0.15, -0.1) is 0 Å². The molecule has 0 atom stereocenters. The summed E-state index contributed by atoms with van der Waals surface area (Å²) in [5, 5.41) is 0.629. The maximum atomic E-state index is 12.3. The number of nitrogens with zero attached hydrogens (tertiary/aromatic N) is 2. The number of likely N-dealkylation sites (N-methyl/N-ethyl adjacent to an activating group) is 1. The molecule has 0 heterocycles. The number of carbonyl (C=O) groups is 1. The summed E-state index contributed by atoms with van der Waals surface area (Å²) in [5.74, 6) is 1.15. The van der Waals surface area contributed by atoms with E-state index in [-0.39, 0.29) is 12.1 Å². The molecule has 1 fully saturated rings. The van der Waals surface area contributed by atoms with E-state index in [0.717, 1.165) is 32.2 Å². The van der Waals surface area contributed by atoms with Gasteiger partial charge in [0.05, 0.1) is 0 Å². The largest absolute Gasteiger partial charge is 0.415 e. The predicted octanol–water partition coefficient (Wildman–Crippen LogP) is 4.45. The molecule has 1 aliphatic rings. The zero-order valence-electron chi connectivity index (χ0n) is 14.7. The zero-order chi connectivity index (χ0) is 17.5. The van der Waals surface area contributed by atoms with Crippen LogP contribution in [0.5, 0.6) is 5.75 Å². The van der Waals surface area contributed by atoms with E-state index >= 15 is 0 Å². The normalized spacial score (nSPS) is 21.2. The summed E-state index contributed by atoms with van der Waals surface area (Å²) >= 11 is 5.84. The first kappa shape index (κ1) is 18.8. The Labute approximate surface area is 150 Å². The number of carbonyl (C=O) groups excluding carboxylic acids is 1. The molecule has 132 valence electrons. The van der Waals surface area contributed by atoms with Gasteiger partial charge in [0.25, 0.3) is 0 Å². The molecular weight excluding hydrogens is 324 g/mol. The first-order valence-corrected chi connectivity index (χ1v) is 8.85. The molecule has 0 aliphatic heterocycles. The Kier molecular flexibility index (Phi) is 7.13. The molecule has 1 aliphatic carbocycles. The van der Waals surface area contributed by atoms with Gasteiger partial charge in [-0.3, -0.25) is 0 Å². The Balaban J connectivity index is 1.79. The van der Waals surface area contributed by atoms with Crippen molar-refractivity contribution in [3.05, 3.63) is 41.4 Å². The lowest BCUT2D eigenvalue weighted by atomic mass is 9.85. The van der Waals surface area contributed by atoms with Crippen molar-refractivity contribution in [3.63, 3.8) is 0 Å². The summed E-state index contributed by atoms with van der Waals surface area (Å²) in [7, 11) is 5.97. The maximum absolute atomic E-state index is 12.3. The smallest absolute Gasteiger partial charge is 0.410 e. The average Bonchev–Trinajstić information content (AvgIpc) is 2.56. The molecule has 0 aromatic heterocycles. The van der Waals surface area contributed by atoms with E-state index in [0.29, 0.717) is 16.7 Å². The number of ether oxygens (including phenoxy) is 1. The number of allylic oxidation sites excluding steroid dienone is 1. The van der Waals surface area contributed by atoms with Crippen molar-refractivity contribution < 1.29 is 9.53 Å². The van der Waals surface area contributed by atoms with E-state index in [1.165, 1.54) is 0 Å².